The van der Waals surface area contributed by atoms with Crippen molar-refractivity contribution in [1.82, 2.24) is 30.3 Å². The van der Waals surface area contributed by atoms with Crippen LogP contribution in [0.4, 0.5) is 0 Å². The van der Waals surface area contributed by atoms with Crippen LogP contribution >= 0.6 is 11.3 Å². The van der Waals surface area contributed by atoms with Crippen LogP contribution in [0, 0.1) is 5.92 Å². The van der Waals surface area contributed by atoms with Crippen molar-refractivity contribution in [1.29, 1.82) is 0 Å². The summed E-state index contributed by atoms with van der Waals surface area (Å²) in [5.74, 6) is 2.25. The van der Waals surface area contributed by atoms with Crippen LogP contribution in [-0.4, -0.2) is 55.9 Å². The van der Waals surface area contributed by atoms with Crippen molar-refractivity contribution in [2.75, 3.05) is 19.7 Å². The molecule has 9 nitrogen and oxygen atoms in total. The molecule has 1 amide bonds. The minimum absolute atomic E-state index is 0.134. The van der Waals surface area contributed by atoms with Crippen molar-refractivity contribution in [2.45, 2.75) is 39.2 Å². The summed E-state index contributed by atoms with van der Waals surface area (Å²) >= 11 is 1.60. The van der Waals surface area contributed by atoms with Crippen molar-refractivity contribution in [3.05, 3.63) is 29.3 Å². The number of amides is 1. The van der Waals surface area contributed by atoms with E-state index in [2.05, 4.69) is 20.6 Å². The summed E-state index contributed by atoms with van der Waals surface area (Å²) < 4.78 is 10.5. The highest BCUT2D eigenvalue weighted by Crippen LogP contribution is 2.22. The Balaban J connectivity index is 1.28. The van der Waals surface area contributed by atoms with Gasteiger partial charge in [-0.25, -0.2) is 0 Å². The van der Waals surface area contributed by atoms with Crippen LogP contribution in [0.25, 0.3) is 10.7 Å². The molecule has 1 saturated heterocycles. The number of rotatable bonds is 8. The van der Waals surface area contributed by atoms with E-state index >= 15 is 0 Å². The van der Waals surface area contributed by atoms with Gasteiger partial charge >= 0.3 is 0 Å². The summed E-state index contributed by atoms with van der Waals surface area (Å²) in [5.41, 5.74) is 0. The zero-order valence-electron chi connectivity index (χ0n) is 16.4. The Labute approximate surface area is 172 Å². The molecule has 3 aromatic rings. The van der Waals surface area contributed by atoms with Crippen LogP contribution in [0.15, 0.2) is 28.1 Å². The predicted molar refractivity (Wildman–Crippen MR) is 106 cm³/mol. The highest BCUT2D eigenvalue weighted by molar-refractivity contribution is 7.13. The van der Waals surface area contributed by atoms with E-state index in [9.17, 15) is 4.79 Å². The third-order valence-electron chi connectivity index (χ3n) is 4.90. The molecule has 4 rings (SSSR count). The van der Waals surface area contributed by atoms with Crippen LogP contribution in [0.1, 0.15) is 31.9 Å². The second-order valence-electron chi connectivity index (χ2n) is 7.06. The highest BCUT2D eigenvalue weighted by atomic mass is 32.1. The maximum absolute atomic E-state index is 12.6. The van der Waals surface area contributed by atoms with Crippen molar-refractivity contribution in [3.8, 4) is 16.6 Å². The van der Waals surface area contributed by atoms with Crippen LogP contribution in [0.2, 0.25) is 0 Å². The maximum Gasteiger partial charge on any atom is 0.254 e. The number of aromatic nitrogens is 5. The Morgan fingerprint density at radius 1 is 1.45 bits per heavy atom. The summed E-state index contributed by atoms with van der Waals surface area (Å²) in [6.07, 6.45) is 2.96. The van der Waals surface area contributed by atoms with E-state index in [4.69, 9.17) is 9.26 Å². The van der Waals surface area contributed by atoms with Gasteiger partial charge in [-0.1, -0.05) is 6.07 Å². The minimum atomic E-state index is 0.134. The summed E-state index contributed by atoms with van der Waals surface area (Å²) in [5, 5.41) is 18.6. The summed E-state index contributed by atoms with van der Waals surface area (Å²) in [4.78, 5) is 17.2. The molecule has 1 aliphatic heterocycles. The number of thiophene rings is 1. The van der Waals surface area contributed by atoms with Crippen molar-refractivity contribution < 1.29 is 14.1 Å². The van der Waals surface area contributed by atoms with E-state index in [0.29, 0.717) is 49.4 Å². The zero-order chi connectivity index (χ0) is 20.1. The van der Waals surface area contributed by atoms with Gasteiger partial charge in [0, 0.05) is 32.0 Å². The minimum Gasteiger partial charge on any atom is -0.476 e. The van der Waals surface area contributed by atoms with Gasteiger partial charge in [-0.05, 0) is 47.5 Å². The van der Waals surface area contributed by atoms with E-state index in [0.717, 1.165) is 30.8 Å². The summed E-state index contributed by atoms with van der Waals surface area (Å²) in [6.45, 7) is 4.61. The number of likely N-dealkylation sites (tertiary alicyclic amines) is 1. The number of tetrazole rings is 1. The topological polar surface area (TPSA) is 99.2 Å². The average Bonchev–Trinajstić information content (AvgIpc) is 3.48. The zero-order valence-corrected chi connectivity index (χ0v) is 17.2. The van der Waals surface area contributed by atoms with Crippen LogP contribution in [0.5, 0.6) is 5.88 Å². The number of carbonyl (C=O) groups is 1. The molecule has 3 aromatic heterocycles. The normalized spacial score (nSPS) is 16.9. The lowest BCUT2D eigenvalue weighted by molar-refractivity contribution is -0.133. The van der Waals surface area contributed by atoms with Gasteiger partial charge in [0.15, 0.2) is 0 Å². The van der Waals surface area contributed by atoms with E-state index in [1.165, 1.54) is 0 Å². The Hall–Kier alpha value is -2.75. The third-order valence-corrected chi connectivity index (χ3v) is 5.77. The van der Waals surface area contributed by atoms with Gasteiger partial charge in [0.05, 0.1) is 18.0 Å². The van der Waals surface area contributed by atoms with Gasteiger partial charge in [-0.3, -0.25) is 4.79 Å². The molecule has 0 spiro atoms. The molecule has 0 saturated carbocycles. The molecule has 154 valence electrons. The first-order valence-electron chi connectivity index (χ1n) is 9.89. The van der Waals surface area contributed by atoms with E-state index in [-0.39, 0.29) is 5.91 Å². The fourth-order valence-electron chi connectivity index (χ4n) is 3.51. The monoisotopic (exact) mass is 416 g/mol. The molecule has 4 heterocycles. The Bertz CT molecular complexity index is 922. The van der Waals surface area contributed by atoms with Gasteiger partial charge in [0.2, 0.25) is 11.7 Å². The Morgan fingerprint density at radius 3 is 3.21 bits per heavy atom. The van der Waals surface area contributed by atoms with E-state index in [1.807, 2.05) is 29.3 Å². The van der Waals surface area contributed by atoms with Crippen LogP contribution in [-0.2, 0) is 17.8 Å². The van der Waals surface area contributed by atoms with E-state index < -0.39 is 0 Å². The predicted octanol–water partition coefficient (Wildman–Crippen LogP) is 2.66. The molecular weight excluding hydrogens is 392 g/mol. The molecule has 0 aromatic carbocycles. The number of ether oxygens (including phenoxy) is 1. The first-order valence-corrected chi connectivity index (χ1v) is 10.8. The van der Waals surface area contributed by atoms with Gasteiger partial charge in [0.1, 0.15) is 5.76 Å². The quantitative estimate of drug-likeness (QED) is 0.556. The number of aryl methyl sites for hydroxylation is 1. The van der Waals surface area contributed by atoms with Crippen molar-refractivity contribution >= 4 is 17.2 Å². The molecule has 0 aliphatic carbocycles. The van der Waals surface area contributed by atoms with Crippen LogP contribution in [0.3, 0.4) is 0 Å². The molecule has 1 atom stereocenters. The molecule has 0 bridgehead atoms. The SMILES string of the molecule is CCOc1cc(CCC(=O)N2CCC[C@H](Cn3nnc(-c4cccs4)n3)C2)on1. The first-order chi connectivity index (χ1) is 14.2. The van der Waals surface area contributed by atoms with Crippen molar-refractivity contribution in [2.24, 2.45) is 5.92 Å². The second-order valence-corrected chi connectivity index (χ2v) is 8.01. The Morgan fingerprint density at radius 2 is 2.38 bits per heavy atom. The van der Waals surface area contributed by atoms with Crippen molar-refractivity contribution in [3.63, 3.8) is 0 Å². The average molecular weight is 417 g/mol. The smallest absolute Gasteiger partial charge is 0.254 e. The highest BCUT2D eigenvalue weighted by Gasteiger charge is 2.25. The third kappa shape index (κ3) is 5.00. The first kappa shape index (κ1) is 19.6. The molecule has 0 unspecified atom stereocenters. The van der Waals surface area contributed by atoms with Crippen LogP contribution < -0.4 is 4.74 Å². The number of hydrogen-bond acceptors (Lipinski definition) is 8. The number of hydrogen-bond donors (Lipinski definition) is 0. The second kappa shape index (κ2) is 9.17. The molecule has 29 heavy (non-hydrogen) atoms. The fraction of sp³-hybridized carbons (Fsp3) is 0.526. The molecular formula is C19H24N6O3S. The Kier molecular flexibility index (Phi) is 6.18. The lowest BCUT2D eigenvalue weighted by atomic mass is 9.98. The fourth-order valence-corrected chi connectivity index (χ4v) is 4.16. The maximum atomic E-state index is 12.6. The van der Waals surface area contributed by atoms with Gasteiger partial charge in [-0.15, -0.1) is 21.5 Å². The van der Waals surface area contributed by atoms with Gasteiger partial charge < -0.3 is 14.2 Å². The summed E-state index contributed by atoms with van der Waals surface area (Å²) in [6, 6.07) is 5.71. The molecule has 0 N–H and O–H groups in total. The van der Waals surface area contributed by atoms with E-state index in [1.54, 1.807) is 22.2 Å². The molecule has 10 heteroatoms. The molecule has 1 aliphatic rings. The molecule has 1 fully saturated rings. The number of carbonyl (C=O) groups excluding carboxylic acids is 1. The number of nitrogens with zero attached hydrogens (tertiary/aromatic N) is 6. The van der Waals surface area contributed by atoms with Gasteiger partial charge in [-0.2, -0.15) is 4.80 Å². The molecule has 0 radical (unpaired) electrons. The standard InChI is InChI=1S/C19H24N6O3S/c1-2-27-17-11-15(28-22-17)7-8-18(26)24-9-3-5-14(12-24)13-25-21-19(20-23-25)16-6-4-10-29-16/h4,6,10-11,14H,2-3,5,7-9,12-13H2,1H3/t14-/m0/s1. The summed E-state index contributed by atoms with van der Waals surface area (Å²) in [7, 11) is 0. The van der Waals surface area contributed by atoms with Gasteiger partial charge in [0.25, 0.3) is 5.88 Å². The lowest BCUT2D eigenvalue weighted by Crippen LogP contribution is -2.41. The number of piperidine rings is 1. The largest absolute Gasteiger partial charge is 0.476 e. The lowest BCUT2D eigenvalue weighted by Gasteiger charge is -2.32.